The van der Waals surface area contributed by atoms with Crippen molar-refractivity contribution in [3.63, 3.8) is 0 Å². The number of fused-ring (bicyclic) bond motifs is 2. The molecule has 2 atom stereocenters. The van der Waals surface area contributed by atoms with E-state index in [1.807, 2.05) is 6.07 Å². The number of rotatable bonds is 8. The molecule has 0 fully saturated rings. The lowest BCUT2D eigenvalue weighted by Crippen LogP contribution is -2.32. The summed E-state index contributed by atoms with van der Waals surface area (Å²) in [4.78, 5) is 19.3. The van der Waals surface area contributed by atoms with Gasteiger partial charge in [-0.05, 0) is 73.2 Å². The lowest BCUT2D eigenvalue weighted by atomic mass is 9.88. The monoisotopic (exact) mass is 924 g/mol. The van der Waals surface area contributed by atoms with Gasteiger partial charge < -0.3 is 15.5 Å². The maximum Gasteiger partial charge on any atom is 0.171 e. The smallest absolute Gasteiger partial charge is 0.171 e. The van der Waals surface area contributed by atoms with Crippen molar-refractivity contribution in [2.75, 3.05) is 23.8 Å². The molecule has 0 aliphatic carbocycles. The zero-order chi connectivity index (χ0) is 44.7. The van der Waals surface area contributed by atoms with E-state index in [4.69, 9.17) is 56.1 Å². The lowest BCUT2D eigenvalue weighted by Gasteiger charge is -2.30. The van der Waals surface area contributed by atoms with Crippen molar-refractivity contribution < 1.29 is 18.5 Å². The number of hydrogen-bond donors (Lipinski definition) is 4. The third-order valence-corrected chi connectivity index (χ3v) is 12.1. The van der Waals surface area contributed by atoms with Crippen molar-refractivity contribution in [3.05, 3.63) is 116 Å². The molecule has 0 unspecified atom stereocenters. The highest BCUT2D eigenvalue weighted by Crippen LogP contribution is 2.43. The van der Waals surface area contributed by atoms with Crippen LogP contribution in [-0.2, 0) is 9.68 Å². The van der Waals surface area contributed by atoms with Crippen LogP contribution in [-0.4, -0.2) is 56.1 Å². The molecular weight excluding hydrogens is 880 g/mol. The van der Waals surface area contributed by atoms with Crippen LogP contribution >= 0.6 is 46.4 Å². The predicted octanol–water partition coefficient (Wildman–Crippen LogP) is 11.6. The van der Waals surface area contributed by atoms with E-state index < -0.39 is 11.6 Å². The molecule has 0 saturated carbocycles. The number of nitrogens with zero attached hydrogens (tertiary/aromatic N) is 6. The van der Waals surface area contributed by atoms with Gasteiger partial charge in [-0.25, -0.2) is 33.8 Å². The van der Waals surface area contributed by atoms with Gasteiger partial charge in [0.05, 0.1) is 74.0 Å². The largest absolute Gasteiger partial charge is 0.387 e. The molecule has 18 heteroatoms. The highest BCUT2D eigenvalue weighted by Gasteiger charge is 2.28. The molecule has 2 aliphatic rings. The Kier molecular flexibility index (Phi) is 13.0. The Bertz CT molecular complexity index is 2750. The topological polar surface area (TPSA) is 126 Å². The van der Waals surface area contributed by atoms with Crippen LogP contribution in [0.25, 0.3) is 33.3 Å². The zero-order valence-electron chi connectivity index (χ0n) is 35.3. The van der Waals surface area contributed by atoms with Crippen molar-refractivity contribution in [3.8, 4) is 22.3 Å². The minimum absolute atomic E-state index is 0.0443. The summed E-state index contributed by atoms with van der Waals surface area (Å²) in [5, 5.41) is 17.7. The van der Waals surface area contributed by atoms with Gasteiger partial charge >= 0.3 is 0 Å². The number of amidine groups is 2. The highest BCUT2D eigenvalue weighted by molar-refractivity contribution is 6.38. The molecule has 2 aliphatic heterocycles. The molecule has 0 bridgehead atoms. The Labute approximate surface area is 378 Å². The van der Waals surface area contributed by atoms with E-state index in [2.05, 4.69) is 97.2 Å². The van der Waals surface area contributed by atoms with Crippen LogP contribution in [0.4, 0.5) is 20.4 Å². The minimum atomic E-state index is -0.417. The molecule has 0 saturated heterocycles. The van der Waals surface area contributed by atoms with Crippen LogP contribution in [0.3, 0.4) is 0 Å². The number of aliphatic imine (C=N–C) groups is 2. The van der Waals surface area contributed by atoms with Crippen LogP contribution in [0.5, 0.6) is 0 Å². The first-order valence-corrected chi connectivity index (χ1v) is 21.3. The van der Waals surface area contributed by atoms with Crippen molar-refractivity contribution in [2.45, 2.75) is 67.5 Å². The number of hydrogen-bond acceptors (Lipinski definition) is 10. The van der Waals surface area contributed by atoms with Crippen LogP contribution in [0.2, 0.25) is 20.1 Å². The van der Waals surface area contributed by atoms with Gasteiger partial charge in [0, 0.05) is 34.3 Å². The molecular formula is C44H46Cl4F2N10O2. The van der Waals surface area contributed by atoms with E-state index in [9.17, 15) is 8.78 Å². The van der Waals surface area contributed by atoms with Crippen molar-refractivity contribution in [1.82, 2.24) is 30.2 Å². The number of pyridine rings is 2. The number of nitrogens with one attached hydrogen (secondary N) is 4. The fourth-order valence-electron chi connectivity index (χ4n) is 6.41. The Morgan fingerprint density at radius 2 is 1.15 bits per heavy atom. The molecule has 62 heavy (non-hydrogen) atoms. The Morgan fingerprint density at radius 3 is 1.55 bits per heavy atom. The minimum Gasteiger partial charge on any atom is -0.387 e. The summed E-state index contributed by atoms with van der Waals surface area (Å²) in [7, 11) is 0. The Balaban J connectivity index is 0.000000186. The fourth-order valence-corrected chi connectivity index (χ4v) is 7.53. The third kappa shape index (κ3) is 9.30. The summed E-state index contributed by atoms with van der Waals surface area (Å²) in [6.07, 6.45) is 6.39. The van der Waals surface area contributed by atoms with Gasteiger partial charge in [0.15, 0.2) is 11.7 Å². The number of aromatic nitrogens is 4. The second-order valence-electron chi connectivity index (χ2n) is 17.0. The van der Waals surface area contributed by atoms with E-state index in [1.165, 1.54) is 30.5 Å². The first-order valence-electron chi connectivity index (χ1n) is 19.7. The van der Waals surface area contributed by atoms with Gasteiger partial charge in [-0.3, -0.25) is 9.83 Å². The summed E-state index contributed by atoms with van der Waals surface area (Å²) >= 11 is 26.4. The molecule has 0 spiro atoms. The molecule has 2 aromatic carbocycles. The summed E-state index contributed by atoms with van der Waals surface area (Å²) in [5.41, 5.74) is 11.0. The molecule has 6 heterocycles. The van der Waals surface area contributed by atoms with Crippen LogP contribution in [0, 0.1) is 22.5 Å². The van der Waals surface area contributed by atoms with Gasteiger partial charge in [-0.1, -0.05) is 87.9 Å². The van der Waals surface area contributed by atoms with Gasteiger partial charge in [0.1, 0.15) is 29.5 Å². The van der Waals surface area contributed by atoms with Gasteiger partial charge in [0.25, 0.3) is 0 Å². The van der Waals surface area contributed by atoms with E-state index in [-0.39, 0.29) is 33.0 Å². The maximum atomic E-state index is 13.7. The number of hydroxylamine groups is 2. The summed E-state index contributed by atoms with van der Waals surface area (Å²) < 4.78 is 30.9. The van der Waals surface area contributed by atoms with Gasteiger partial charge in [-0.2, -0.15) is 10.2 Å². The van der Waals surface area contributed by atoms with E-state index >= 15 is 0 Å². The maximum absolute atomic E-state index is 13.7. The molecule has 4 N–H and O–H groups in total. The van der Waals surface area contributed by atoms with Gasteiger partial charge in [0.2, 0.25) is 0 Å². The quantitative estimate of drug-likeness (QED) is 0.119. The second kappa shape index (κ2) is 17.9. The predicted molar refractivity (Wildman–Crippen MR) is 247 cm³/mol. The molecule has 12 nitrogen and oxygen atoms in total. The average Bonchev–Trinajstić information content (AvgIpc) is 3.84. The van der Waals surface area contributed by atoms with E-state index in [0.717, 1.165) is 22.2 Å². The van der Waals surface area contributed by atoms with Gasteiger partial charge in [-0.15, -0.1) is 0 Å². The molecule has 8 rings (SSSR count). The Hall–Kier alpha value is -5.12. The number of halogens is 6. The van der Waals surface area contributed by atoms with Crippen molar-refractivity contribution in [1.29, 1.82) is 0 Å². The Morgan fingerprint density at radius 1 is 0.661 bits per heavy atom. The SMILES string of the molecule is C[C@@H](Nc1c(-c2ccc(F)cc2Cl)c(Cl)cc2c(C3=NC=CON3)cnn12)C(C)(C)C.C[C@@H](Nc1c(-c2ccc(F)cc2Cl)c(Cl)cc2c(C3=NCCON3)cnn12)C(C)(C)C. The molecule has 326 valence electrons. The van der Waals surface area contributed by atoms with Crippen LogP contribution in [0.15, 0.2) is 83.4 Å². The average molecular weight is 927 g/mol. The third-order valence-electron chi connectivity index (χ3n) is 10.9. The van der Waals surface area contributed by atoms with E-state index in [0.29, 0.717) is 68.8 Å². The summed E-state index contributed by atoms with van der Waals surface area (Å²) in [6.45, 7) is 18.1. The van der Waals surface area contributed by atoms with E-state index in [1.54, 1.807) is 45.8 Å². The fraction of sp³-hybridized carbons (Fsp3) is 0.318. The number of benzene rings is 2. The second-order valence-corrected chi connectivity index (χ2v) is 18.6. The summed E-state index contributed by atoms with van der Waals surface area (Å²) in [5.74, 6) is 1.60. The highest BCUT2D eigenvalue weighted by atomic mass is 35.5. The normalized spacial score (nSPS) is 15.1. The zero-order valence-corrected chi connectivity index (χ0v) is 38.3. The lowest BCUT2D eigenvalue weighted by molar-refractivity contribution is 0.0827. The van der Waals surface area contributed by atoms with Crippen molar-refractivity contribution >= 4 is 80.7 Å². The first-order chi connectivity index (χ1) is 29.3. The number of anilines is 2. The molecule has 4 aromatic heterocycles. The standard InChI is InChI=1S/C22H24Cl2FN5O.C22H22Cl2FN5O/c2*1-12(22(2,3)4)28-21-19(14-6-5-13(25)9-16(14)23)17(24)10-18-15(11-27-30(18)21)20-26-7-8-31-29-20/h5-6,9-12,28H,7-8H2,1-4H3,(H,26,29);5-12,28H,1-4H3,(H,26,29)/t2*12-/m11/s1. The first kappa shape index (κ1) is 44.9. The summed E-state index contributed by atoms with van der Waals surface area (Å²) in [6, 6.07) is 12.2. The molecule has 0 radical (unpaired) electrons. The van der Waals surface area contributed by atoms with Crippen molar-refractivity contribution in [2.24, 2.45) is 20.8 Å². The molecule has 6 aromatic rings. The van der Waals surface area contributed by atoms with Crippen LogP contribution < -0.4 is 21.6 Å². The van der Waals surface area contributed by atoms with Crippen LogP contribution in [0.1, 0.15) is 66.5 Å². The molecule has 0 amide bonds.